The van der Waals surface area contributed by atoms with Gasteiger partial charge in [0.2, 0.25) is 12.7 Å². The van der Waals surface area contributed by atoms with Crippen molar-refractivity contribution in [3.05, 3.63) is 48.3 Å². The number of ether oxygens (including phenoxy) is 2. The van der Waals surface area contributed by atoms with E-state index in [0.29, 0.717) is 17.2 Å². The van der Waals surface area contributed by atoms with Crippen LogP contribution in [0.3, 0.4) is 0 Å². The van der Waals surface area contributed by atoms with Crippen LogP contribution in [0.25, 0.3) is 0 Å². The Morgan fingerprint density at radius 1 is 1.09 bits per heavy atom. The predicted molar refractivity (Wildman–Crippen MR) is 80.7 cm³/mol. The fraction of sp³-hybridized carbons (Fsp3) is 0.188. The summed E-state index contributed by atoms with van der Waals surface area (Å²) < 4.78 is 23.4. The third kappa shape index (κ3) is 3.11. The normalized spacial score (nSPS) is 13.5. The molecule has 0 aliphatic carbocycles. The van der Waals surface area contributed by atoms with E-state index in [1.807, 2.05) is 6.07 Å². The molecule has 1 aliphatic heterocycles. The Bertz CT molecular complexity index is 688. The van der Waals surface area contributed by atoms with Crippen molar-refractivity contribution in [3.63, 3.8) is 0 Å². The first-order chi connectivity index (χ1) is 10.6. The molecular weight excluding hydrogens is 287 g/mol. The second-order valence-electron chi connectivity index (χ2n) is 4.93. The minimum Gasteiger partial charge on any atom is -0.454 e. The summed E-state index contributed by atoms with van der Waals surface area (Å²) in [5.74, 6) is 0.777. The smallest absolute Gasteiger partial charge is 0.246 e. The highest BCUT2D eigenvalue weighted by molar-refractivity contribution is 5.96. The molecule has 2 N–H and O–H groups in total. The quantitative estimate of drug-likeness (QED) is 0.911. The zero-order chi connectivity index (χ0) is 15.5. The van der Waals surface area contributed by atoms with Gasteiger partial charge >= 0.3 is 0 Å². The van der Waals surface area contributed by atoms with Gasteiger partial charge in [0.1, 0.15) is 11.9 Å². The van der Waals surface area contributed by atoms with Crippen molar-refractivity contribution < 1.29 is 18.7 Å². The first-order valence-electron chi connectivity index (χ1n) is 6.84. The first kappa shape index (κ1) is 14.2. The van der Waals surface area contributed by atoms with Crippen molar-refractivity contribution in [2.24, 2.45) is 0 Å². The molecular formula is C16H15FN2O3. The van der Waals surface area contributed by atoms with E-state index in [1.165, 1.54) is 24.3 Å². The third-order valence-electron chi connectivity index (χ3n) is 3.26. The Morgan fingerprint density at radius 2 is 1.77 bits per heavy atom. The molecule has 0 fully saturated rings. The number of nitrogens with one attached hydrogen (secondary N) is 2. The molecule has 1 heterocycles. The highest BCUT2D eigenvalue weighted by atomic mass is 19.1. The molecule has 0 aromatic heterocycles. The van der Waals surface area contributed by atoms with Crippen LogP contribution in [0, 0.1) is 5.82 Å². The van der Waals surface area contributed by atoms with Crippen LogP contribution in [0.15, 0.2) is 42.5 Å². The summed E-state index contributed by atoms with van der Waals surface area (Å²) in [6.45, 7) is 1.95. The average molecular weight is 302 g/mol. The highest BCUT2D eigenvalue weighted by Crippen LogP contribution is 2.34. The molecule has 6 heteroatoms. The van der Waals surface area contributed by atoms with Crippen LogP contribution in [0.2, 0.25) is 0 Å². The minimum atomic E-state index is -0.467. The van der Waals surface area contributed by atoms with Crippen molar-refractivity contribution in [3.8, 4) is 11.5 Å². The maximum atomic E-state index is 12.8. The van der Waals surface area contributed by atoms with Gasteiger partial charge in [-0.25, -0.2) is 4.39 Å². The van der Waals surface area contributed by atoms with E-state index in [0.717, 1.165) is 5.69 Å². The first-order valence-corrected chi connectivity index (χ1v) is 6.84. The molecule has 1 atom stereocenters. The second kappa shape index (κ2) is 5.93. The highest BCUT2D eigenvalue weighted by Gasteiger charge is 2.16. The summed E-state index contributed by atoms with van der Waals surface area (Å²) in [6.07, 6.45) is 0. The molecule has 0 saturated carbocycles. The zero-order valence-corrected chi connectivity index (χ0v) is 11.9. The van der Waals surface area contributed by atoms with Crippen LogP contribution in [0.4, 0.5) is 15.8 Å². The summed E-state index contributed by atoms with van der Waals surface area (Å²) in [5, 5.41) is 5.80. The lowest BCUT2D eigenvalue weighted by atomic mass is 10.2. The van der Waals surface area contributed by atoms with E-state index >= 15 is 0 Å². The lowest BCUT2D eigenvalue weighted by Gasteiger charge is -2.15. The molecule has 5 nitrogen and oxygen atoms in total. The van der Waals surface area contributed by atoms with Crippen molar-refractivity contribution in [2.75, 3.05) is 17.4 Å². The van der Waals surface area contributed by atoms with Gasteiger partial charge in [-0.15, -0.1) is 0 Å². The maximum Gasteiger partial charge on any atom is 0.246 e. The van der Waals surface area contributed by atoms with E-state index in [-0.39, 0.29) is 18.5 Å². The number of fused-ring (bicyclic) bond motifs is 1. The zero-order valence-electron chi connectivity index (χ0n) is 11.9. The average Bonchev–Trinajstić information content (AvgIpc) is 2.97. The molecule has 22 heavy (non-hydrogen) atoms. The summed E-state index contributed by atoms with van der Waals surface area (Å²) in [5.41, 5.74) is 1.30. The predicted octanol–water partition coefficient (Wildman–Crippen LogP) is 2.99. The Morgan fingerprint density at radius 3 is 2.55 bits per heavy atom. The van der Waals surface area contributed by atoms with E-state index in [1.54, 1.807) is 19.1 Å². The van der Waals surface area contributed by atoms with Gasteiger partial charge < -0.3 is 20.1 Å². The van der Waals surface area contributed by atoms with Gasteiger partial charge in [0.05, 0.1) is 0 Å². The van der Waals surface area contributed by atoms with Gasteiger partial charge in [0.15, 0.2) is 11.5 Å². The number of carbonyl (C=O) groups excluding carboxylic acids is 1. The lowest BCUT2D eigenvalue weighted by molar-refractivity contribution is -0.116. The molecule has 0 spiro atoms. The topological polar surface area (TPSA) is 59.6 Å². The van der Waals surface area contributed by atoms with Gasteiger partial charge in [0.25, 0.3) is 0 Å². The van der Waals surface area contributed by atoms with Crippen LogP contribution < -0.4 is 20.1 Å². The summed E-state index contributed by atoms with van der Waals surface area (Å²) in [6, 6.07) is 10.5. The summed E-state index contributed by atoms with van der Waals surface area (Å²) in [7, 11) is 0. The number of benzene rings is 2. The van der Waals surface area contributed by atoms with E-state index in [2.05, 4.69) is 10.6 Å². The van der Waals surface area contributed by atoms with Crippen molar-refractivity contribution in [1.29, 1.82) is 0 Å². The Balaban J connectivity index is 1.62. The summed E-state index contributed by atoms with van der Waals surface area (Å²) in [4.78, 5) is 12.1. The maximum absolute atomic E-state index is 12.8. The SMILES string of the molecule is C[C@@H](Nc1ccc2c(c1)OCO2)C(=O)Nc1ccc(F)cc1. The largest absolute Gasteiger partial charge is 0.454 e. The molecule has 0 saturated heterocycles. The van der Waals surface area contributed by atoms with E-state index in [9.17, 15) is 9.18 Å². The molecule has 114 valence electrons. The second-order valence-corrected chi connectivity index (χ2v) is 4.93. The number of hydrogen-bond acceptors (Lipinski definition) is 4. The molecule has 3 rings (SSSR count). The fourth-order valence-electron chi connectivity index (χ4n) is 2.09. The van der Waals surface area contributed by atoms with Crippen LogP contribution >= 0.6 is 0 Å². The van der Waals surface area contributed by atoms with Crippen LogP contribution in [-0.2, 0) is 4.79 Å². The Hall–Kier alpha value is -2.76. The van der Waals surface area contributed by atoms with Crippen LogP contribution in [0.5, 0.6) is 11.5 Å². The lowest BCUT2D eigenvalue weighted by Crippen LogP contribution is -2.31. The van der Waals surface area contributed by atoms with Crippen molar-refractivity contribution in [2.45, 2.75) is 13.0 Å². The number of anilines is 2. The number of amides is 1. The number of carbonyl (C=O) groups is 1. The number of halogens is 1. The standard InChI is InChI=1S/C16H15FN2O3/c1-10(16(20)19-12-4-2-11(17)3-5-12)18-13-6-7-14-15(8-13)22-9-21-14/h2-8,10,18H,9H2,1H3,(H,19,20)/t10-/m1/s1. The molecule has 2 aromatic rings. The molecule has 1 aliphatic rings. The number of rotatable bonds is 4. The summed E-state index contributed by atoms with van der Waals surface area (Å²) >= 11 is 0. The van der Waals surface area contributed by atoms with Gasteiger partial charge in [-0.2, -0.15) is 0 Å². The Labute approximate surface area is 127 Å². The van der Waals surface area contributed by atoms with Crippen molar-refractivity contribution >= 4 is 17.3 Å². The van der Waals surface area contributed by atoms with E-state index < -0.39 is 6.04 Å². The van der Waals surface area contributed by atoms with Gasteiger partial charge in [-0.3, -0.25) is 4.79 Å². The molecule has 0 unspecified atom stereocenters. The molecule has 1 amide bonds. The molecule has 0 radical (unpaired) electrons. The van der Waals surface area contributed by atoms with Gasteiger partial charge in [0, 0.05) is 17.4 Å². The Kier molecular flexibility index (Phi) is 3.82. The number of hydrogen-bond donors (Lipinski definition) is 2. The van der Waals surface area contributed by atoms with Crippen molar-refractivity contribution in [1.82, 2.24) is 0 Å². The molecule has 2 aromatic carbocycles. The van der Waals surface area contributed by atoms with Crippen LogP contribution in [0.1, 0.15) is 6.92 Å². The fourth-order valence-corrected chi connectivity index (χ4v) is 2.09. The van der Waals surface area contributed by atoms with E-state index in [4.69, 9.17) is 9.47 Å². The monoisotopic (exact) mass is 302 g/mol. The van der Waals surface area contributed by atoms with Gasteiger partial charge in [-0.05, 0) is 43.3 Å². The minimum absolute atomic E-state index is 0.208. The third-order valence-corrected chi connectivity index (χ3v) is 3.26. The van der Waals surface area contributed by atoms with Gasteiger partial charge in [-0.1, -0.05) is 0 Å². The van der Waals surface area contributed by atoms with Crippen LogP contribution in [-0.4, -0.2) is 18.7 Å². The molecule has 0 bridgehead atoms.